The Kier molecular flexibility index (Phi) is 6.08. The number of amides is 1. The van der Waals surface area contributed by atoms with Crippen molar-refractivity contribution in [2.45, 2.75) is 62.0 Å². The minimum absolute atomic E-state index is 0.186. The minimum atomic E-state index is -3.73. The van der Waals surface area contributed by atoms with Gasteiger partial charge in [-0.3, -0.25) is 4.79 Å². The molecule has 0 bridgehead atoms. The molecule has 2 aromatic carbocycles. The molecule has 1 aliphatic carbocycles. The van der Waals surface area contributed by atoms with Crippen molar-refractivity contribution in [1.29, 1.82) is 0 Å². The van der Waals surface area contributed by atoms with Gasteiger partial charge in [-0.05, 0) is 50.8 Å². The van der Waals surface area contributed by atoms with E-state index >= 15 is 0 Å². The first-order valence-corrected chi connectivity index (χ1v) is 12.3. The van der Waals surface area contributed by atoms with E-state index in [0.717, 1.165) is 46.9 Å². The number of carbonyl (C=O) groups excluding carboxylic acids is 1. The predicted molar refractivity (Wildman–Crippen MR) is 119 cm³/mol. The van der Waals surface area contributed by atoms with Gasteiger partial charge in [-0.2, -0.15) is 4.31 Å². The summed E-state index contributed by atoms with van der Waals surface area (Å²) in [6, 6.07) is 14.3. The Hall–Kier alpha value is -2.38. The van der Waals surface area contributed by atoms with Crippen LogP contribution in [0.2, 0.25) is 0 Å². The standard InChI is InChI=1S/C24H30N2O4S/c1-18-10-12-19(13-11-18)31(28,29)26(2)17-23(27)25-21-16-24(14-6-3-7-15-24)30-22-9-5-4-8-20(21)22/h4-5,8-13,21H,3,6-7,14-17H2,1-2H3,(H,25,27)/t21-/m0/s1. The molecule has 166 valence electrons. The highest BCUT2D eigenvalue weighted by molar-refractivity contribution is 7.89. The number of benzene rings is 2. The van der Waals surface area contributed by atoms with Crippen molar-refractivity contribution < 1.29 is 17.9 Å². The lowest BCUT2D eigenvalue weighted by Crippen LogP contribution is -2.48. The van der Waals surface area contributed by atoms with Gasteiger partial charge in [0.05, 0.1) is 17.5 Å². The molecule has 31 heavy (non-hydrogen) atoms. The van der Waals surface area contributed by atoms with Crippen molar-refractivity contribution in [3.8, 4) is 5.75 Å². The van der Waals surface area contributed by atoms with E-state index in [-0.39, 0.29) is 29.0 Å². The van der Waals surface area contributed by atoms with E-state index in [1.807, 2.05) is 31.2 Å². The average molecular weight is 443 g/mol. The molecule has 1 amide bonds. The molecule has 7 heteroatoms. The number of hydrogen-bond acceptors (Lipinski definition) is 4. The van der Waals surface area contributed by atoms with Gasteiger partial charge >= 0.3 is 0 Å². The normalized spacial score (nSPS) is 20.2. The molecular weight excluding hydrogens is 412 g/mol. The monoisotopic (exact) mass is 442 g/mol. The first-order valence-electron chi connectivity index (χ1n) is 10.9. The topological polar surface area (TPSA) is 75.7 Å². The predicted octanol–water partition coefficient (Wildman–Crippen LogP) is 3.96. The Bertz CT molecular complexity index is 1040. The fourth-order valence-electron chi connectivity index (χ4n) is 4.67. The summed E-state index contributed by atoms with van der Waals surface area (Å²) in [7, 11) is -2.29. The quantitative estimate of drug-likeness (QED) is 0.761. The van der Waals surface area contributed by atoms with Gasteiger partial charge in [0.1, 0.15) is 11.4 Å². The molecule has 0 saturated heterocycles. The van der Waals surface area contributed by atoms with Crippen LogP contribution in [0.25, 0.3) is 0 Å². The zero-order valence-electron chi connectivity index (χ0n) is 18.1. The second-order valence-corrected chi connectivity index (χ2v) is 10.8. The highest BCUT2D eigenvalue weighted by atomic mass is 32.2. The Morgan fingerprint density at radius 2 is 1.77 bits per heavy atom. The third kappa shape index (κ3) is 4.62. The number of carbonyl (C=O) groups is 1. The molecule has 0 aromatic heterocycles. The maximum Gasteiger partial charge on any atom is 0.243 e. The van der Waals surface area contributed by atoms with Crippen LogP contribution in [0.15, 0.2) is 53.4 Å². The molecular formula is C24H30N2O4S. The van der Waals surface area contributed by atoms with Gasteiger partial charge in [0.25, 0.3) is 0 Å². The molecule has 0 unspecified atom stereocenters. The molecule has 6 nitrogen and oxygen atoms in total. The number of fused-ring (bicyclic) bond motifs is 1. The molecule has 1 saturated carbocycles. The van der Waals surface area contributed by atoms with Gasteiger partial charge < -0.3 is 10.1 Å². The van der Waals surface area contributed by atoms with Crippen molar-refractivity contribution in [3.05, 3.63) is 59.7 Å². The lowest BCUT2D eigenvalue weighted by molar-refractivity contribution is -0.122. The molecule has 1 spiro atoms. The third-order valence-corrected chi connectivity index (χ3v) is 8.21. The number of nitrogens with zero attached hydrogens (tertiary/aromatic N) is 1. The van der Waals surface area contributed by atoms with Gasteiger partial charge in [-0.1, -0.05) is 42.3 Å². The van der Waals surface area contributed by atoms with Crippen molar-refractivity contribution in [3.63, 3.8) is 0 Å². The van der Waals surface area contributed by atoms with Crippen LogP contribution in [0.4, 0.5) is 0 Å². The second kappa shape index (κ2) is 8.63. The summed E-state index contributed by atoms with van der Waals surface area (Å²) >= 11 is 0. The fraction of sp³-hybridized carbons (Fsp3) is 0.458. The zero-order chi connectivity index (χ0) is 22.1. The number of rotatable bonds is 5. The van der Waals surface area contributed by atoms with Crippen molar-refractivity contribution in [2.75, 3.05) is 13.6 Å². The van der Waals surface area contributed by atoms with Crippen molar-refractivity contribution in [1.82, 2.24) is 9.62 Å². The average Bonchev–Trinajstić information content (AvgIpc) is 2.74. The number of aryl methyl sites for hydroxylation is 1. The summed E-state index contributed by atoms with van der Waals surface area (Å²) in [5.41, 5.74) is 1.69. The third-order valence-electron chi connectivity index (χ3n) is 6.39. The lowest BCUT2D eigenvalue weighted by Gasteiger charge is -2.44. The number of para-hydroxylation sites is 1. The highest BCUT2D eigenvalue weighted by Gasteiger charge is 2.42. The van der Waals surface area contributed by atoms with Gasteiger partial charge in [0, 0.05) is 19.0 Å². The largest absolute Gasteiger partial charge is 0.487 e. The second-order valence-electron chi connectivity index (χ2n) is 8.78. The van der Waals surface area contributed by atoms with Crippen molar-refractivity contribution >= 4 is 15.9 Å². The molecule has 1 aliphatic heterocycles. The van der Waals surface area contributed by atoms with E-state index in [0.29, 0.717) is 6.42 Å². The number of likely N-dealkylation sites (N-methyl/N-ethyl adjacent to an activating group) is 1. The van der Waals surface area contributed by atoms with E-state index in [1.165, 1.54) is 13.5 Å². The molecule has 1 atom stereocenters. The maximum absolute atomic E-state index is 12.9. The Balaban J connectivity index is 1.49. The molecule has 2 aliphatic rings. The molecule has 1 heterocycles. The SMILES string of the molecule is Cc1ccc(S(=O)(=O)N(C)CC(=O)N[C@H]2CC3(CCCCC3)Oc3ccccc32)cc1. The lowest BCUT2D eigenvalue weighted by atomic mass is 9.77. The number of hydrogen-bond donors (Lipinski definition) is 1. The Morgan fingerprint density at radius 1 is 1.10 bits per heavy atom. The van der Waals surface area contributed by atoms with Crippen LogP contribution in [0, 0.1) is 6.92 Å². The summed E-state index contributed by atoms with van der Waals surface area (Å²) in [6.45, 7) is 1.67. The summed E-state index contributed by atoms with van der Waals surface area (Å²) in [5.74, 6) is 0.507. The Morgan fingerprint density at radius 3 is 2.48 bits per heavy atom. The number of ether oxygens (including phenoxy) is 1. The minimum Gasteiger partial charge on any atom is -0.487 e. The zero-order valence-corrected chi connectivity index (χ0v) is 19.0. The van der Waals surface area contributed by atoms with Gasteiger partial charge in [0.2, 0.25) is 15.9 Å². The summed E-state index contributed by atoms with van der Waals surface area (Å²) in [6.07, 6.45) is 6.14. The molecule has 1 N–H and O–H groups in total. The summed E-state index contributed by atoms with van der Waals surface area (Å²) in [5, 5.41) is 3.09. The smallest absolute Gasteiger partial charge is 0.243 e. The van der Waals surface area contributed by atoms with Crippen LogP contribution in [0.3, 0.4) is 0 Å². The highest BCUT2D eigenvalue weighted by Crippen LogP contribution is 2.46. The number of sulfonamides is 1. The van der Waals surface area contributed by atoms with E-state index in [2.05, 4.69) is 5.32 Å². The maximum atomic E-state index is 12.9. The van der Waals surface area contributed by atoms with Crippen LogP contribution >= 0.6 is 0 Å². The summed E-state index contributed by atoms with van der Waals surface area (Å²) in [4.78, 5) is 13.1. The first kappa shape index (κ1) is 21.8. The van der Waals surface area contributed by atoms with Gasteiger partial charge in [-0.25, -0.2) is 8.42 Å². The summed E-state index contributed by atoms with van der Waals surface area (Å²) < 4.78 is 33.2. The van der Waals surface area contributed by atoms with Gasteiger partial charge in [0.15, 0.2) is 0 Å². The van der Waals surface area contributed by atoms with Crippen molar-refractivity contribution in [2.24, 2.45) is 0 Å². The van der Waals surface area contributed by atoms with E-state index in [1.54, 1.807) is 24.3 Å². The van der Waals surface area contributed by atoms with Crippen LogP contribution in [0.5, 0.6) is 5.75 Å². The van der Waals surface area contributed by atoms with E-state index in [9.17, 15) is 13.2 Å². The fourth-order valence-corrected chi connectivity index (χ4v) is 5.79. The van der Waals surface area contributed by atoms with E-state index < -0.39 is 10.0 Å². The van der Waals surface area contributed by atoms with Crippen LogP contribution in [-0.2, 0) is 14.8 Å². The van der Waals surface area contributed by atoms with Crippen LogP contribution in [0.1, 0.15) is 55.7 Å². The number of nitrogens with one attached hydrogen (secondary N) is 1. The van der Waals surface area contributed by atoms with E-state index in [4.69, 9.17) is 4.74 Å². The molecule has 2 aromatic rings. The first-order chi connectivity index (χ1) is 14.8. The molecule has 0 radical (unpaired) electrons. The van der Waals surface area contributed by atoms with Crippen LogP contribution in [-0.4, -0.2) is 37.8 Å². The Labute approximate surface area is 184 Å². The molecule has 1 fully saturated rings. The van der Waals surface area contributed by atoms with Gasteiger partial charge in [-0.15, -0.1) is 0 Å². The van der Waals surface area contributed by atoms with Crippen LogP contribution < -0.4 is 10.1 Å². The molecule has 4 rings (SSSR count).